The van der Waals surface area contributed by atoms with E-state index in [1.54, 1.807) is 42.5 Å². The molecule has 0 saturated carbocycles. The minimum absolute atomic E-state index is 0.166. The average Bonchev–Trinajstić information content (AvgIpc) is 3.15. The van der Waals surface area contributed by atoms with E-state index in [1.807, 2.05) is 0 Å². The van der Waals surface area contributed by atoms with Crippen molar-refractivity contribution in [1.82, 2.24) is 4.98 Å². The molecule has 0 aliphatic rings. The van der Waals surface area contributed by atoms with Crippen LogP contribution in [0.5, 0.6) is 5.75 Å². The molecule has 0 amide bonds. The number of carboxylic acids is 1. The molecule has 1 heterocycles. The van der Waals surface area contributed by atoms with Crippen LogP contribution < -0.4 is 4.74 Å². The number of hydrogen-bond acceptors (Lipinski definition) is 4. The molecule has 3 N–H and O–H groups in total. The summed E-state index contributed by atoms with van der Waals surface area (Å²) < 4.78 is 39.0. The van der Waals surface area contributed by atoms with Gasteiger partial charge < -0.3 is 14.8 Å². The molecular formula is C23H27NO6S. The van der Waals surface area contributed by atoms with E-state index in [4.69, 9.17) is 4.74 Å². The van der Waals surface area contributed by atoms with Gasteiger partial charge >= 0.3 is 5.97 Å². The highest BCUT2D eigenvalue weighted by atomic mass is 32.2. The number of carbonyl (C=O) groups is 1. The van der Waals surface area contributed by atoms with Gasteiger partial charge in [-0.25, -0.2) is 0 Å². The van der Waals surface area contributed by atoms with Crippen LogP contribution in [0.15, 0.2) is 54.6 Å². The molecule has 0 aliphatic heterocycles. The predicted molar refractivity (Wildman–Crippen MR) is 119 cm³/mol. The molecule has 0 fully saturated rings. The maximum absolute atomic E-state index is 12.5. The first-order valence-electron chi connectivity index (χ1n) is 10.3. The summed E-state index contributed by atoms with van der Waals surface area (Å²) in [4.78, 5) is 15.5. The molecule has 166 valence electrons. The van der Waals surface area contributed by atoms with Crippen molar-refractivity contribution in [1.29, 1.82) is 0 Å². The van der Waals surface area contributed by atoms with Gasteiger partial charge in [0, 0.05) is 16.6 Å². The first kappa shape index (κ1) is 22.8. The monoisotopic (exact) mass is 445 g/mol. The van der Waals surface area contributed by atoms with Crippen LogP contribution in [0.4, 0.5) is 0 Å². The Kier molecular flexibility index (Phi) is 7.02. The number of unbranched alkanes of at least 4 members (excludes halogenated alkanes) is 3. The van der Waals surface area contributed by atoms with Gasteiger partial charge in [-0.2, -0.15) is 8.42 Å². The summed E-state index contributed by atoms with van der Waals surface area (Å²) in [5, 5.41) is 10.8. The van der Waals surface area contributed by atoms with Crippen LogP contribution in [0.25, 0.3) is 10.9 Å². The van der Waals surface area contributed by atoms with Gasteiger partial charge in [-0.05, 0) is 36.2 Å². The van der Waals surface area contributed by atoms with Gasteiger partial charge in [-0.15, -0.1) is 0 Å². The van der Waals surface area contributed by atoms with Crippen LogP contribution in [0, 0.1) is 0 Å². The Balaban J connectivity index is 2.01. The number of aromatic amines is 1. The van der Waals surface area contributed by atoms with Crippen LogP contribution in [0.3, 0.4) is 0 Å². The molecule has 0 saturated heterocycles. The fourth-order valence-corrected chi connectivity index (χ4v) is 4.76. The number of ether oxygens (including phenoxy) is 1. The van der Waals surface area contributed by atoms with Crippen molar-refractivity contribution in [3.8, 4) is 5.75 Å². The number of carboxylic acid groups (broad SMARTS) is 1. The van der Waals surface area contributed by atoms with E-state index in [0.29, 0.717) is 23.3 Å². The molecular weight excluding hydrogens is 418 g/mol. The van der Waals surface area contributed by atoms with E-state index < -0.39 is 27.3 Å². The Morgan fingerprint density at radius 1 is 1.06 bits per heavy atom. The van der Waals surface area contributed by atoms with Crippen molar-refractivity contribution in [2.75, 3.05) is 12.4 Å². The zero-order valence-corrected chi connectivity index (χ0v) is 18.2. The number of rotatable bonds is 11. The maximum Gasteiger partial charge on any atom is 0.321 e. The van der Waals surface area contributed by atoms with E-state index in [2.05, 4.69) is 11.9 Å². The van der Waals surface area contributed by atoms with Crippen molar-refractivity contribution in [2.24, 2.45) is 0 Å². The standard InChI is InChI=1S/C23H27NO6S/c1-2-3-4-8-13-30-19-11-12-20-17(14-19)15-21(24-20)23(22(25)26,16-31(27,28)29)18-9-6-5-7-10-18/h5-7,9-12,14-15,24H,2-4,8,13,16H2,1H3,(H,25,26)(H,27,28,29). The molecule has 2 aromatic carbocycles. The van der Waals surface area contributed by atoms with Gasteiger partial charge in [0.05, 0.1) is 6.61 Å². The minimum atomic E-state index is -4.61. The number of nitrogens with one attached hydrogen (secondary N) is 1. The third-order valence-electron chi connectivity index (χ3n) is 5.35. The summed E-state index contributed by atoms with van der Waals surface area (Å²) in [6, 6.07) is 15.0. The van der Waals surface area contributed by atoms with Gasteiger partial charge in [0.2, 0.25) is 0 Å². The lowest BCUT2D eigenvalue weighted by Gasteiger charge is -2.27. The lowest BCUT2D eigenvalue weighted by atomic mass is 9.79. The first-order chi connectivity index (χ1) is 14.8. The van der Waals surface area contributed by atoms with Crippen molar-refractivity contribution in [3.63, 3.8) is 0 Å². The van der Waals surface area contributed by atoms with Crippen LogP contribution in [-0.2, 0) is 20.3 Å². The molecule has 8 heteroatoms. The molecule has 0 radical (unpaired) electrons. The summed E-state index contributed by atoms with van der Waals surface area (Å²) in [6.07, 6.45) is 4.36. The molecule has 3 rings (SSSR count). The predicted octanol–water partition coefficient (Wildman–Crippen LogP) is 4.39. The second kappa shape index (κ2) is 9.53. The number of H-pyrrole nitrogens is 1. The number of hydrogen-bond donors (Lipinski definition) is 3. The highest BCUT2D eigenvalue weighted by Gasteiger charge is 2.47. The third kappa shape index (κ3) is 5.26. The molecule has 1 aromatic heterocycles. The van der Waals surface area contributed by atoms with Gasteiger partial charge in [0.1, 0.15) is 16.9 Å². The fraction of sp³-hybridized carbons (Fsp3) is 0.348. The van der Waals surface area contributed by atoms with Crippen LogP contribution in [0.1, 0.15) is 43.9 Å². The highest BCUT2D eigenvalue weighted by Crippen LogP contribution is 2.36. The largest absolute Gasteiger partial charge is 0.494 e. The van der Waals surface area contributed by atoms with Crippen LogP contribution in [0.2, 0.25) is 0 Å². The Hall–Kier alpha value is -2.84. The van der Waals surface area contributed by atoms with Crippen molar-refractivity contribution >= 4 is 27.0 Å². The number of fused-ring (bicyclic) bond motifs is 1. The van der Waals surface area contributed by atoms with Gasteiger partial charge in [-0.3, -0.25) is 9.35 Å². The fourth-order valence-electron chi connectivity index (χ4n) is 3.76. The van der Waals surface area contributed by atoms with Gasteiger partial charge in [0.25, 0.3) is 10.1 Å². The summed E-state index contributed by atoms with van der Waals surface area (Å²) >= 11 is 0. The summed E-state index contributed by atoms with van der Waals surface area (Å²) in [7, 11) is -4.61. The van der Waals surface area contributed by atoms with Crippen molar-refractivity contribution < 1.29 is 27.6 Å². The second-order valence-electron chi connectivity index (χ2n) is 7.64. The van der Waals surface area contributed by atoms with E-state index in [9.17, 15) is 22.9 Å². The molecule has 1 unspecified atom stereocenters. The molecule has 7 nitrogen and oxygen atoms in total. The Morgan fingerprint density at radius 3 is 2.45 bits per heavy atom. The molecule has 3 aromatic rings. The van der Waals surface area contributed by atoms with E-state index in [-0.39, 0.29) is 11.3 Å². The Labute approximate surface area is 181 Å². The van der Waals surface area contributed by atoms with E-state index in [1.165, 1.54) is 12.1 Å². The summed E-state index contributed by atoms with van der Waals surface area (Å²) in [5.74, 6) is -1.72. The SMILES string of the molecule is CCCCCCOc1ccc2[nH]c(C(CS(=O)(=O)O)(C(=O)O)c3ccccc3)cc2c1. The van der Waals surface area contributed by atoms with E-state index in [0.717, 1.165) is 25.7 Å². The minimum Gasteiger partial charge on any atom is -0.494 e. The van der Waals surface area contributed by atoms with Crippen molar-refractivity contribution in [2.45, 2.75) is 38.0 Å². The van der Waals surface area contributed by atoms with E-state index >= 15 is 0 Å². The lowest BCUT2D eigenvalue weighted by molar-refractivity contribution is -0.141. The Morgan fingerprint density at radius 2 is 1.81 bits per heavy atom. The molecule has 0 spiro atoms. The molecule has 0 aliphatic carbocycles. The van der Waals surface area contributed by atoms with Crippen LogP contribution >= 0.6 is 0 Å². The number of benzene rings is 2. The Bertz CT molecular complexity index is 1140. The maximum atomic E-state index is 12.5. The summed E-state index contributed by atoms with van der Waals surface area (Å²) in [5.41, 5.74) is -0.932. The number of aromatic nitrogens is 1. The van der Waals surface area contributed by atoms with Crippen LogP contribution in [-0.4, -0.2) is 41.4 Å². The quantitative estimate of drug-likeness (QED) is 0.298. The zero-order chi connectivity index (χ0) is 22.5. The highest BCUT2D eigenvalue weighted by molar-refractivity contribution is 7.85. The second-order valence-corrected chi connectivity index (χ2v) is 9.10. The number of aliphatic carboxylic acids is 1. The average molecular weight is 446 g/mol. The molecule has 1 atom stereocenters. The van der Waals surface area contributed by atoms with Gasteiger partial charge in [-0.1, -0.05) is 56.5 Å². The molecule has 31 heavy (non-hydrogen) atoms. The zero-order valence-electron chi connectivity index (χ0n) is 17.4. The summed E-state index contributed by atoms with van der Waals surface area (Å²) in [6.45, 7) is 2.74. The third-order valence-corrected chi connectivity index (χ3v) is 6.15. The smallest absolute Gasteiger partial charge is 0.321 e. The molecule has 0 bridgehead atoms. The lowest BCUT2D eigenvalue weighted by Crippen LogP contribution is -2.43. The van der Waals surface area contributed by atoms with Crippen molar-refractivity contribution in [3.05, 3.63) is 65.9 Å². The first-order valence-corrected chi connectivity index (χ1v) is 11.9. The normalized spacial score (nSPS) is 13.7. The van der Waals surface area contributed by atoms with Gasteiger partial charge in [0.15, 0.2) is 0 Å². The topological polar surface area (TPSA) is 117 Å².